The Bertz CT molecular complexity index is 702. The third kappa shape index (κ3) is 5.89. The normalized spacial score (nSPS) is 10.2. The van der Waals surface area contributed by atoms with Crippen LogP contribution in [0.4, 0.5) is 11.4 Å². The van der Waals surface area contributed by atoms with Crippen molar-refractivity contribution < 1.29 is 14.3 Å². The first-order chi connectivity index (χ1) is 12.6. The number of nitrogens with zero attached hydrogens (tertiary/aromatic N) is 1. The van der Waals surface area contributed by atoms with E-state index in [4.69, 9.17) is 4.74 Å². The molecule has 0 unspecified atom stereocenters. The van der Waals surface area contributed by atoms with Crippen LogP contribution in [0.2, 0.25) is 0 Å². The first kappa shape index (κ1) is 19.5. The Kier molecular flexibility index (Phi) is 7.64. The Morgan fingerprint density at radius 1 is 1.04 bits per heavy atom. The molecule has 0 aliphatic heterocycles. The summed E-state index contributed by atoms with van der Waals surface area (Å²) in [5.41, 5.74) is 2.21. The molecule has 0 bridgehead atoms. The molecule has 2 aromatic carbocycles. The quantitative estimate of drug-likeness (QED) is 0.678. The van der Waals surface area contributed by atoms with Gasteiger partial charge in [-0.05, 0) is 42.8 Å². The average molecular weight is 355 g/mol. The Hall–Kier alpha value is -2.86. The van der Waals surface area contributed by atoms with Gasteiger partial charge in [0.05, 0.1) is 6.54 Å². The van der Waals surface area contributed by atoms with Gasteiger partial charge in [0.15, 0.2) is 0 Å². The van der Waals surface area contributed by atoms with Crippen molar-refractivity contribution in [2.75, 3.05) is 44.1 Å². The fourth-order valence-electron chi connectivity index (χ4n) is 2.38. The van der Waals surface area contributed by atoms with E-state index < -0.39 is 0 Å². The highest BCUT2D eigenvalue weighted by molar-refractivity contribution is 6.05. The summed E-state index contributed by atoms with van der Waals surface area (Å²) in [5.74, 6) is -0.163. The van der Waals surface area contributed by atoms with Gasteiger partial charge in [0.25, 0.3) is 5.91 Å². The van der Waals surface area contributed by atoms with Crippen LogP contribution in [-0.4, -0.2) is 45.7 Å². The van der Waals surface area contributed by atoms with Crippen molar-refractivity contribution in [3.63, 3.8) is 0 Å². The van der Waals surface area contributed by atoms with Crippen molar-refractivity contribution in [2.24, 2.45) is 0 Å². The number of carbonyl (C=O) groups excluding carboxylic acids is 2. The molecule has 2 rings (SSSR count). The van der Waals surface area contributed by atoms with Crippen molar-refractivity contribution in [2.45, 2.75) is 6.42 Å². The lowest BCUT2D eigenvalue weighted by Gasteiger charge is -2.17. The third-order valence-corrected chi connectivity index (χ3v) is 3.88. The SMILES string of the molecule is COCCCNC(=O)CNc1ccc(C(=O)N(C)c2ccccc2)cc1. The third-order valence-electron chi connectivity index (χ3n) is 3.88. The van der Waals surface area contributed by atoms with Crippen LogP contribution in [0.3, 0.4) is 0 Å². The number of nitrogens with one attached hydrogen (secondary N) is 2. The number of hydrogen-bond donors (Lipinski definition) is 2. The largest absolute Gasteiger partial charge is 0.385 e. The minimum atomic E-state index is -0.0846. The van der Waals surface area contributed by atoms with E-state index in [-0.39, 0.29) is 18.4 Å². The fourth-order valence-corrected chi connectivity index (χ4v) is 2.38. The number of carbonyl (C=O) groups is 2. The van der Waals surface area contributed by atoms with Gasteiger partial charge < -0.3 is 20.3 Å². The number of hydrogen-bond acceptors (Lipinski definition) is 4. The lowest BCUT2D eigenvalue weighted by molar-refractivity contribution is -0.119. The molecule has 0 heterocycles. The van der Waals surface area contributed by atoms with E-state index in [0.29, 0.717) is 18.7 Å². The molecular weight excluding hydrogens is 330 g/mol. The van der Waals surface area contributed by atoms with Gasteiger partial charge in [-0.15, -0.1) is 0 Å². The van der Waals surface area contributed by atoms with E-state index in [9.17, 15) is 9.59 Å². The summed E-state index contributed by atoms with van der Waals surface area (Å²) < 4.78 is 4.93. The maximum Gasteiger partial charge on any atom is 0.258 e. The second kappa shape index (κ2) is 10.2. The van der Waals surface area contributed by atoms with Crippen LogP contribution in [0.15, 0.2) is 54.6 Å². The summed E-state index contributed by atoms with van der Waals surface area (Å²) >= 11 is 0. The smallest absolute Gasteiger partial charge is 0.258 e. The highest BCUT2D eigenvalue weighted by Crippen LogP contribution is 2.16. The van der Waals surface area contributed by atoms with E-state index in [1.54, 1.807) is 43.3 Å². The lowest BCUT2D eigenvalue weighted by Crippen LogP contribution is -2.31. The molecule has 2 N–H and O–H groups in total. The molecule has 0 atom stereocenters. The summed E-state index contributed by atoms with van der Waals surface area (Å²) in [5, 5.41) is 5.85. The van der Waals surface area contributed by atoms with E-state index in [1.807, 2.05) is 30.3 Å². The minimum absolute atomic E-state index is 0.0786. The predicted molar refractivity (Wildman–Crippen MR) is 104 cm³/mol. The summed E-state index contributed by atoms with van der Waals surface area (Å²) in [6.45, 7) is 1.40. The molecule has 2 aromatic rings. The zero-order valence-electron chi connectivity index (χ0n) is 15.2. The van der Waals surface area contributed by atoms with E-state index in [1.165, 1.54) is 0 Å². The number of ether oxygens (including phenoxy) is 1. The van der Waals surface area contributed by atoms with Crippen LogP contribution < -0.4 is 15.5 Å². The molecule has 0 aromatic heterocycles. The molecular formula is C20H25N3O3. The molecule has 0 radical (unpaired) electrons. The second-order valence-electron chi connectivity index (χ2n) is 5.83. The zero-order chi connectivity index (χ0) is 18.8. The Morgan fingerprint density at radius 3 is 2.38 bits per heavy atom. The molecule has 0 aliphatic carbocycles. The van der Waals surface area contributed by atoms with Crippen LogP contribution in [0, 0.1) is 0 Å². The Morgan fingerprint density at radius 2 is 1.73 bits per heavy atom. The summed E-state index contributed by atoms with van der Waals surface area (Å²) in [4.78, 5) is 25.9. The predicted octanol–water partition coefficient (Wildman–Crippen LogP) is 2.53. The van der Waals surface area contributed by atoms with Gasteiger partial charge in [-0.3, -0.25) is 9.59 Å². The van der Waals surface area contributed by atoms with Crippen LogP contribution in [0.5, 0.6) is 0 Å². The molecule has 0 spiro atoms. The van der Waals surface area contributed by atoms with Gasteiger partial charge in [0.1, 0.15) is 0 Å². The van der Waals surface area contributed by atoms with Crippen molar-refractivity contribution in [3.8, 4) is 0 Å². The van der Waals surface area contributed by atoms with Crippen LogP contribution in [0.25, 0.3) is 0 Å². The number of methoxy groups -OCH3 is 1. The number of benzene rings is 2. The molecule has 0 fully saturated rings. The molecule has 138 valence electrons. The minimum Gasteiger partial charge on any atom is -0.385 e. The van der Waals surface area contributed by atoms with Crippen LogP contribution in [-0.2, 0) is 9.53 Å². The number of para-hydroxylation sites is 1. The van der Waals surface area contributed by atoms with Crippen molar-refractivity contribution in [1.29, 1.82) is 0 Å². The molecule has 6 heteroatoms. The molecule has 6 nitrogen and oxygen atoms in total. The highest BCUT2D eigenvalue weighted by Gasteiger charge is 2.13. The Balaban J connectivity index is 1.84. The van der Waals surface area contributed by atoms with Gasteiger partial charge in [-0.1, -0.05) is 18.2 Å². The number of anilines is 2. The number of amides is 2. The molecule has 0 saturated carbocycles. The maximum atomic E-state index is 12.5. The van der Waals surface area contributed by atoms with Gasteiger partial charge in [0, 0.05) is 44.2 Å². The van der Waals surface area contributed by atoms with Gasteiger partial charge >= 0.3 is 0 Å². The van der Waals surface area contributed by atoms with Crippen LogP contribution >= 0.6 is 0 Å². The molecule has 26 heavy (non-hydrogen) atoms. The van der Waals surface area contributed by atoms with Gasteiger partial charge in [0.2, 0.25) is 5.91 Å². The summed E-state index contributed by atoms with van der Waals surface area (Å²) in [6, 6.07) is 16.6. The van der Waals surface area contributed by atoms with Crippen molar-refractivity contribution in [3.05, 3.63) is 60.2 Å². The van der Waals surface area contributed by atoms with Gasteiger partial charge in [-0.25, -0.2) is 0 Å². The summed E-state index contributed by atoms with van der Waals surface area (Å²) in [6.07, 6.45) is 0.786. The zero-order valence-corrected chi connectivity index (χ0v) is 15.2. The standard InChI is InChI=1S/C20H25N3O3/c1-23(18-7-4-3-5-8-18)20(25)16-9-11-17(12-10-16)22-15-19(24)21-13-6-14-26-2/h3-5,7-12,22H,6,13-15H2,1-2H3,(H,21,24). The first-order valence-corrected chi connectivity index (χ1v) is 8.54. The highest BCUT2D eigenvalue weighted by atomic mass is 16.5. The van der Waals surface area contributed by atoms with Crippen molar-refractivity contribution in [1.82, 2.24) is 5.32 Å². The second-order valence-corrected chi connectivity index (χ2v) is 5.83. The maximum absolute atomic E-state index is 12.5. The molecule has 0 saturated heterocycles. The van der Waals surface area contributed by atoms with E-state index in [2.05, 4.69) is 10.6 Å². The van der Waals surface area contributed by atoms with Gasteiger partial charge in [-0.2, -0.15) is 0 Å². The van der Waals surface area contributed by atoms with E-state index in [0.717, 1.165) is 17.8 Å². The van der Waals surface area contributed by atoms with Crippen LogP contribution in [0.1, 0.15) is 16.8 Å². The molecule has 0 aliphatic rings. The number of rotatable bonds is 9. The first-order valence-electron chi connectivity index (χ1n) is 8.54. The summed E-state index contributed by atoms with van der Waals surface area (Å²) in [7, 11) is 3.38. The fraction of sp³-hybridized carbons (Fsp3) is 0.300. The molecule has 2 amide bonds. The average Bonchev–Trinajstić information content (AvgIpc) is 2.69. The monoisotopic (exact) mass is 355 g/mol. The van der Waals surface area contributed by atoms with E-state index >= 15 is 0 Å². The lowest BCUT2D eigenvalue weighted by atomic mass is 10.1. The topological polar surface area (TPSA) is 70.7 Å². The Labute approximate surface area is 154 Å². The van der Waals surface area contributed by atoms with Crippen molar-refractivity contribution >= 4 is 23.2 Å².